The molecule has 0 spiro atoms. The van der Waals surface area contributed by atoms with E-state index in [-0.39, 0.29) is 0 Å². The highest BCUT2D eigenvalue weighted by atomic mass is 15.2. The van der Waals surface area contributed by atoms with Gasteiger partial charge in [0, 0.05) is 25.8 Å². The molecule has 3 rings (SSSR count). The van der Waals surface area contributed by atoms with Gasteiger partial charge in [-0.2, -0.15) is 0 Å². The Labute approximate surface area is 127 Å². The first-order valence-corrected chi connectivity index (χ1v) is 8.14. The number of imidazole rings is 1. The lowest BCUT2D eigenvalue weighted by atomic mass is 9.74. The summed E-state index contributed by atoms with van der Waals surface area (Å²) in [4.78, 5) is 7.24. The molecule has 1 saturated heterocycles. The van der Waals surface area contributed by atoms with Gasteiger partial charge in [-0.3, -0.25) is 0 Å². The van der Waals surface area contributed by atoms with E-state index in [1.165, 1.54) is 25.7 Å². The van der Waals surface area contributed by atoms with E-state index in [4.69, 9.17) is 10.7 Å². The second kappa shape index (κ2) is 5.68. The van der Waals surface area contributed by atoms with Crippen LogP contribution >= 0.6 is 0 Å². The molecule has 0 aromatic carbocycles. The predicted molar refractivity (Wildman–Crippen MR) is 87.5 cm³/mol. The molecule has 21 heavy (non-hydrogen) atoms. The van der Waals surface area contributed by atoms with Crippen molar-refractivity contribution >= 4 is 11.5 Å². The minimum absolute atomic E-state index is 0.531. The molecule has 2 aromatic heterocycles. The Bertz CT molecular complexity index is 602. The number of anilines is 1. The second-order valence-corrected chi connectivity index (χ2v) is 6.21. The molecule has 0 amide bonds. The summed E-state index contributed by atoms with van der Waals surface area (Å²) in [5, 5.41) is 0. The van der Waals surface area contributed by atoms with Gasteiger partial charge in [-0.15, -0.1) is 0 Å². The van der Waals surface area contributed by atoms with Gasteiger partial charge < -0.3 is 15.0 Å². The van der Waals surface area contributed by atoms with Crippen molar-refractivity contribution < 1.29 is 0 Å². The SMILES string of the molecule is CCC1(CC)CCN(c2nc3ccccn3c2CN)CC1. The van der Waals surface area contributed by atoms with E-state index in [0.717, 1.165) is 30.2 Å². The largest absolute Gasteiger partial charge is 0.355 e. The Hall–Kier alpha value is -1.55. The fraction of sp³-hybridized carbons (Fsp3) is 0.588. The van der Waals surface area contributed by atoms with Crippen molar-refractivity contribution in [3.05, 3.63) is 30.1 Å². The first-order valence-electron chi connectivity index (χ1n) is 8.14. The Morgan fingerprint density at radius 2 is 1.90 bits per heavy atom. The molecule has 2 aromatic rings. The van der Waals surface area contributed by atoms with Crippen LogP contribution in [0.5, 0.6) is 0 Å². The van der Waals surface area contributed by atoms with Crippen LogP contribution in [0.4, 0.5) is 5.82 Å². The maximum atomic E-state index is 5.99. The number of fused-ring (bicyclic) bond motifs is 1. The first kappa shape index (κ1) is 14.4. The molecule has 4 nitrogen and oxygen atoms in total. The number of nitrogens with zero attached hydrogens (tertiary/aromatic N) is 3. The number of rotatable bonds is 4. The van der Waals surface area contributed by atoms with Gasteiger partial charge in [0.05, 0.1) is 5.69 Å². The second-order valence-electron chi connectivity index (χ2n) is 6.21. The van der Waals surface area contributed by atoms with Crippen LogP contribution in [0.15, 0.2) is 24.4 Å². The highest BCUT2D eigenvalue weighted by Gasteiger charge is 2.32. The van der Waals surface area contributed by atoms with Crippen molar-refractivity contribution in [2.75, 3.05) is 18.0 Å². The summed E-state index contributed by atoms with van der Waals surface area (Å²) in [6.07, 6.45) is 7.15. The third kappa shape index (κ3) is 2.42. The first-order chi connectivity index (χ1) is 10.2. The van der Waals surface area contributed by atoms with Gasteiger partial charge >= 0.3 is 0 Å². The molecule has 3 heterocycles. The highest BCUT2D eigenvalue weighted by Crippen LogP contribution is 2.39. The van der Waals surface area contributed by atoms with E-state index in [1.54, 1.807) is 0 Å². The minimum atomic E-state index is 0.531. The summed E-state index contributed by atoms with van der Waals surface area (Å²) < 4.78 is 2.12. The summed E-state index contributed by atoms with van der Waals surface area (Å²) in [5.74, 6) is 1.09. The third-order valence-electron chi connectivity index (χ3n) is 5.42. The van der Waals surface area contributed by atoms with Gasteiger partial charge in [0.25, 0.3) is 0 Å². The molecular weight excluding hydrogens is 260 g/mol. The number of aromatic nitrogens is 2. The van der Waals surface area contributed by atoms with Crippen molar-refractivity contribution in [3.63, 3.8) is 0 Å². The molecule has 0 atom stereocenters. The summed E-state index contributed by atoms with van der Waals surface area (Å²) in [6, 6.07) is 6.11. The highest BCUT2D eigenvalue weighted by molar-refractivity contribution is 5.56. The fourth-order valence-electron chi connectivity index (χ4n) is 3.63. The molecule has 1 aliphatic heterocycles. The molecule has 0 unspecified atom stereocenters. The van der Waals surface area contributed by atoms with Crippen LogP contribution < -0.4 is 10.6 Å². The topological polar surface area (TPSA) is 46.6 Å². The molecule has 1 aliphatic rings. The van der Waals surface area contributed by atoms with Crippen molar-refractivity contribution in [2.45, 2.75) is 46.1 Å². The van der Waals surface area contributed by atoms with Crippen molar-refractivity contribution in [1.29, 1.82) is 0 Å². The zero-order valence-corrected chi connectivity index (χ0v) is 13.2. The molecule has 0 radical (unpaired) electrons. The van der Waals surface area contributed by atoms with Crippen molar-refractivity contribution in [2.24, 2.45) is 11.1 Å². The standard InChI is InChI=1S/C17H26N4/c1-3-17(4-2)8-11-20(12-9-17)16-14(13-18)21-10-6-5-7-15(21)19-16/h5-7,10H,3-4,8-9,11-13,18H2,1-2H3. The van der Waals surface area contributed by atoms with Crippen LogP contribution in [0, 0.1) is 5.41 Å². The van der Waals surface area contributed by atoms with E-state index < -0.39 is 0 Å². The Balaban J connectivity index is 1.88. The Morgan fingerprint density at radius 1 is 1.19 bits per heavy atom. The normalized spacial score (nSPS) is 18.3. The number of piperidine rings is 1. The van der Waals surface area contributed by atoms with Gasteiger partial charge in [-0.25, -0.2) is 4.98 Å². The van der Waals surface area contributed by atoms with Crippen LogP contribution in [0.1, 0.15) is 45.2 Å². The number of hydrogen-bond donors (Lipinski definition) is 1. The fourth-order valence-corrected chi connectivity index (χ4v) is 3.63. The molecule has 1 fully saturated rings. The lowest BCUT2D eigenvalue weighted by Crippen LogP contribution is -2.40. The Morgan fingerprint density at radius 3 is 2.52 bits per heavy atom. The van der Waals surface area contributed by atoms with Crippen molar-refractivity contribution in [1.82, 2.24) is 9.38 Å². The average Bonchev–Trinajstić information content (AvgIpc) is 2.93. The lowest BCUT2D eigenvalue weighted by molar-refractivity contribution is 0.199. The molecule has 0 saturated carbocycles. The maximum absolute atomic E-state index is 5.99. The molecule has 4 heteroatoms. The quantitative estimate of drug-likeness (QED) is 0.939. The van der Waals surface area contributed by atoms with Gasteiger partial charge in [-0.05, 0) is 30.4 Å². The average molecular weight is 286 g/mol. The summed E-state index contributed by atoms with van der Waals surface area (Å²) in [6.45, 7) is 7.38. The number of pyridine rings is 1. The van der Waals surface area contributed by atoms with Gasteiger partial charge in [0.1, 0.15) is 5.65 Å². The molecule has 0 bridgehead atoms. The van der Waals surface area contributed by atoms with Crippen LogP contribution in [0.3, 0.4) is 0 Å². The van der Waals surface area contributed by atoms with Crippen LogP contribution in [-0.2, 0) is 6.54 Å². The molecule has 0 aliphatic carbocycles. The van der Waals surface area contributed by atoms with E-state index in [9.17, 15) is 0 Å². The van der Waals surface area contributed by atoms with Crippen LogP contribution in [0.2, 0.25) is 0 Å². The van der Waals surface area contributed by atoms with Crippen molar-refractivity contribution in [3.8, 4) is 0 Å². The summed E-state index contributed by atoms with van der Waals surface area (Å²) in [7, 11) is 0. The van der Waals surface area contributed by atoms with E-state index in [0.29, 0.717) is 12.0 Å². The Kier molecular flexibility index (Phi) is 3.89. The lowest BCUT2D eigenvalue weighted by Gasteiger charge is -2.41. The monoisotopic (exact) mass is 286 g/mol. The van der Waals surface area contributed by atoms with Gasteiger partial charge in [-0.1, -0.05) is 32.8 Å². The predicted octanol–water partition coefficient (Wildman–Crippen LogP) is 3.20. The minimum Gasteiger partial charge on any atom is -0.355 e. The third-order valence-corrected chi connectivity index (χ3v) is 5.42. The summed E-state index contributed by atoms with van der Waals surface area (Å²) in [5.41, 5.74) is 8.65. The zero-order chi connectivity index (χ0) is 14.9. The van der Waals surface area contributed by atoms with E-state index >= 15 is 0 Å². The van der Waals surface area contributed by atoms with E-state index in [1.807, 2.05) is 12.1 Å². The van der Waals surface area contributed by atoms with Gasteiger partial charge in [0.2, 0.25) is 0 Å². The van der Waals surface area contributed by atoms with Crippen LogP contribution in [-0.4, -0.2) is 22.5 Å². The molecular formula is C17H26N4. The van der Waals surface area contributed by atoms with Crippen LogP contribution in [0.25, 0.3) is 5.65 Å². The smallest absolute Gasteiger partial charge is 0.152 e. The van der Waals surface area contributed by atoms with Gasteiger partial charge in [0.15, 0.2) is 5.82 Å². The maximum Gasteiger partial charge on any atom is 0.152 e. The molecule has 2 N–H and O–H groups in total. The number of nitrogens with two attached hydrogens (primary N) is 1. The number of hydrogen-bond acceptors (Lipinski definition) is 3. The summed E-state index contributed by atoms with van der Waals surface area (Å²) >= 11 is 0. The van der Waals surface area contributed by atoms with E-state index in [2.05, 4.69) is 35.4 Å². The zero-order valence-electron chi connectivity index (χ0n) is 13.2. The molecule has 114 valence electrons.